The average Bonchev–Trinajstić information content (AvgIpc) is 3.18. The van der Waals surface area contributed by atoms with Gasteiger partial charge in [-0.3, -0.25) is 0 Å². The fourth-order valence-corrected chi connectivity index (χ4v) is 3.27. The maximum atomic E-state index is 13.6. The Kier molecular flexibility index (Phi) is 5.24. The van der Waals surface area contributed by atoms with Crippen molar-refractivity contribution in [2.45, 2.75) is 32.0 Å². The van der Waals surface area contributed by atoms with E-state index in [1.165, 1.54) is 4.90 Å². The molecule has 0 aliphatic carbocycles. The summed E-state index contributed by atoms with van der Waals surface area (Å²) in [7, 11) is 0. The highest BCUT2D eigenvalue weighted by atomic mass is 35.5. The number of rotatable bonds is 4. The fraction of sp³-hybridized carbons (Fsp3) is 0.412. The number of likely N-dealkylation sites (tertiary alicyclic amines) is 1. The Hall–Kier alpha value is -2.12. The van der Waals surface area contributed by atoms with Gasteiger partial charge in [-0.2, -0.15) is 5.10 Å². The van der Waals surface area contributed by atoms with E-state index >= 15 is 0 Å². The summed E-state index contributed by atoms with van der Waals surface area (Å²) in [6.45, 7) is 2.30. The van der Waals surface area contributed by atoms with Crippen molar-refractivity contribution in [2.24, 2.45) is 5.73 Å². The summed E-state index contributed by atoms with van der Waals surface area (Å²) in [5, 5.41) is 7.85. The van der Waals surface area contributed by atoms with E-state index in [0.717, 1.165) is 11.4 Å². The molecule has 6 nitrogen and oxygen atoms in total. The number of hydrogen-bond donors (Lipinski definition) is 2. The van der Waals surface area contributed by atoms with Gasteiger partial charge < -0.3 is 16.0 Å². The summed E-state index contributed by atoms with van der Waals surface area (Å²) in [6.07, 6.45) is 1.53. The quantitative estimate of drug-likeness (QED) is 0.874. The number of carbonyl (C=O) groups excluding carboxylic acids is 1. The van der Waals surface area contributed by atoms with Crippen LogP contribution in [0.3, 0.4) is 0 Å². The molecular weight excluding hydrogens is 345 g/mol. The zero-order valence-electron chi connectivity index (χ0n) is 14.0. The molecule has 1 aliphatic heterocycles. The summed E-state index contributed by atoms with van der Waals surface area (Å²) in [5.41, 5.74) is 7.97. The number of nitrogens with two attached hydrogens (primary N) is 1. The van der Waals surface area contributed by atoms with Crippen molar-refractivity contribution in [2.75, 3.05) is 18.4 Å². The molecule has 2 amide bonds. The third-order valence-corrected chi connectivity index (χ3v) is 4.66. The van der Waals surface area contributed by atoms with Crippen molar-refractivity contribution in [3.63, 3.8) is 0 Å². The van der Waals surface area contributed by atoms with Gasteiger partial charge in [-0.25, -0.2) is 13.9 Å². The van der Waals surface area contributed by atoms with Crippen LogP contribution in [0, 0.1) is 0 Å². The number of hydrogen-bond acceptors (Lipinski definition) is 3. The number of amides is 2. The Morgan fingerprint density at radius 2 is 2.16 bits per heavy atom. The van der Waals surface area contributed by atoms with Gasteiger partial charge in [-0.15, -0.1) is 0 Å². The van der Waals surface area contributed by atoms with Crippen LogP contribution >= 0.6 is 11.6 Å². The first kappa shape index (κ1) is 17.7. The van der Waals surface area contributed by atoms with Crippen molar-refractivity contribution in [1.82, 2.24) is 14.7 Å². The van der Waals surface area contributed by atoms with Crippen LogP contribution in [0.5, 0.6) is 0 Å². The van der Waals surface area contributed by atoms with Crippen molar-refractivity contribution in [3.05, 3.63) is 41.2 Å². The first-order chi connectivity index (χ1) is 12.0. The van der Waals surface area contributed by atoms with Crippen LogP contribution in [-0.4, -0.2) is 46.0 Å². The minimum atomic E-state index is -1.03. The fourth-order valence-electron chi connectivity index (χ4n) is 3.14. The van der Waals surface area contributed by atoms with E-state index in [1.807, 2.05) is 19.1 Å². The maximum Gasteiger partial charge on any atom is 0.322 e. The molecule has 2 heterocycles. The Bertz CT molecular complexity index is 748. The highest BCUT2D eigenvalue weighted by molar-refractivity contribution is 6.30. The molecule has 8 heteroatoms. The molecule has 0 saturated carbocycles. The molecule has 0 bridgehead atoms. The Morgan fingerprint density at radius 1 is 1.44 bits per heavy atom. The summed E-state index contributed by atoms with van der Waals surface area (Å²) >= 11 is 5.93. The van der Waals surface area contributed by atoms with Gasteiger partial charge in [0.05, 0.1) is 29.8 Å². The molecule has 134 valence electrons. The second-order valence-electron chi connectivity index (χ2n) is 6.05. The minimum absolute atomic E-state index is 0.0699. The molecule has 1 aromatic heterocycles. The summed E-state index contributed by atoms with van der Waals surface area (Å²) in [4.78, 5) is 14.0. The number of aromatic nitrogens is 2. The molecule has 0 spiro atoms. The van der Waals surface area contributed by atoms with Crippen molar-refractivity contribution >= 4 is 23.3 Å². The molecule has 1 aromatic carbocycles. The van der Waals surface area contributed by atoms with Crippen LogP contribution in [-0.2, 0) is 6.42 Å². The van der Waals surface area contributed by atoms with Crippen LogP contribution in [0.25, 0.3) is 5.69 Å². The summed E-state index contributed by atoms with van der Waals surface area (Å²) in [5.74, 6) is 0. The van der Waals surface area contributed by atoms with Gasteiger partial charge in [0.25, 0.3) is 0 Å². The van der Waals surface area contributed by atoms with E-state index in [1.54, 1.807) is 23.0 Å². The van der Waals surface area contributed by atoms with Gasteiger partial charge in [0, 0.05) is 24.0 Å². The lowest BCUT2D eigenvalue weighted by Gasteiger charge is -2.23. The monoisotopic (exact) mass is 365 g/mol. The molecule has 1 saturated heterocycles. The highest BCUT2D eigenvalue weighted by Gasteiger charge is 2.34. The molecule has 25 heavy (non-hydrogen) atoms. The standard InChI is InChI=1S/C17H21ClFN5O/c1-2-16-15(9-21-24(16)13-5-3-11(18)4-6-13)22-17(25)23-10-12(19)7-14(23)8-20/h3-6,9,12,14H,2,7-8,10,20H2,1H3,(H,22,25)/t12-,14-/m0/s1. The third kappa shape index (κ3) is 3.62. The molecule has 0 unspecified atom stereocenters. The Morgan fingerprint density at radius 3 is 2.80 bits per heavy atom. The van der Waals surface area contributed by atoms with Gasteiger partial charge >= 0.3 is 6.03 Å². The Labute approximate surface area is 150 Å². The molecule has 0 radical (unpaired) electrons. The number of benzene rings is 1. The summed E-state index contributed by atoms with van der Waals surface area (Å²) in [6, 6.07) is 6.67. The Balaban J connectivity index is 1.81. The predicted octanol–water partition coefficient (Wildman–Crippen LogP) is 2.99. The second-order valence-corrected chi connectivity index (χ2v) is 6.49. The van der Waals surface area contributed by atoms with Crippen LogP contribution in [0.15, 0.2) is 30.5 Å². The van der Waals surface area contributed by atoms with E-state index in [4.69, 9.17) is 17.3 Å². The van der Waals surface area contributed by atoms with Crippen LogP contribution in [0.2, 0.25) is 5.02 Å². The lowest BCUT2D eigenvalue weighted by molar-refractivity contribution is 0.205. The lowest BCUT2D eigenvalue weighted by Crippen LogP contribution is -2.42. The molecule has 2 atom stereocenters. The first-order valence-corrected chi connectivity index (χ1v) is 8.65. The molecule has 3 N–H and O–H groups in total. The van der Waals surface area contributed by atoms with Gasteiger partial charge in [0.15, 0.2) is 0 Å². The molecule has 2 aromatic rings. The normalized spacial score (nSPS) is 20.1. The van der Waals surface area contributed by atoms with E-state index in [-0.39, 0.29) is 31.6 Å². The predicted molar refractivity (Wildman–Crippen MR) is 96.0 cm³/mol. The molecule has 1 fully saturated rings. The topological polar surface area (TPSA) is 76.2 Å². The van der Waals surface area contributed by atoms with Crippen molar-refractivity contribution in [3.8, 4) is 5.69 Å². The molecule has 1 aliphatic rings. The van der Waals surface area contributed by atoms with Crippen molar-refractivity contribution < 1.29 is 9.18 Å². The van der Waals surface area contributed by atoms with Crippen molar-refractivity contribution in [1.29, 1.82) is 0 Å². The molecule has 3 rings (SSSR count). The zero-order valence-corrected chi connectivity index (χ0v) is 14.7. The van der Waals surface area contributed by atoms with Gasteiger partial charge in [0.2, 0.25) is 0 Å². The molecular formula is C17H21ClFN5O. The highest BCUT2D eigenvalue weighted by Crippen LogP contribution is 2.24. The van der Waals surface area contributed by atoms with Gasteiger partial charge in [-0.1, -0.05) is 18.5 Å². The van der Waals surface area contributed by atoms with Crippen LogP contribution < -0.4 is 11.1 Å². The van der Waals surface area contributed by atoms with Crippen LogP contribution in [0.4, 0.5) is 14.9 Å². The average molecular weight is 366 g/mol. The minimum Gasteiger partial charge on any atom is -0.328 e. The zero-order chi connectivity index (χ0) is 18.0. The number of nitrogens with one attached hydrogen (secondary N) is 1. The second kappa shape index (κ2) is 7.41. The largest absolute Gasteiger partial charge is 0.328 e. The number of carbonyl (C=O) groups is 1. The number of alkyl halides is 1. The number of anilines is 1. The SMILES string of the molecule is CCc1c(NC(=O)N2C[C@@H](F)C[C@H]2CN)cnn1-c1ccc(Cl)cc1. The van der Waals surface area contributed by atoms with E-state index in [9.17, 15) is 9.18 Å². The number of urea groups is 1. The smallest absolute Gasteiger partial charge is 0.322 e. The lowest BCUT2D eigenvalue weighted by atomic mass is 10.2. The summed E-state index contributed by atoms with van der Waals surface area (Å²) < 4.78 is 15.4. The maximum absolute atomic E-state index is 13.6. The number of nitrogens with zero attached hydrogens (tertiary/aromatic N) is 3. The van der Waals surface area contributed by atoms with E-state index in [0.29, 0.717) is 17.1 Å². The van der Waals surface area contributed by atoms with Gasteiger partial charge in [-0.05, 0) is 30.7 Å². The van der Waals surface area contributed by atoms with Gasteiger partial charge in [0.1, 0.15) is 6.17 Å². The van der Waals surface area contributed by atoms with E-state index < -0.39 is 6.17 Å². The first-order valence-electron chi connectivity index (χ1n) is 8.28. The number of halogens is 2. The van der Waals surface area contributed by atoms with Crippen LogP contribution in [0.1, 0.15) is 19.0 Å². The van der Waals surface area contributed by atoms with E-state index in [2.05, 4.69) is 10.4 Å². The third-order valence-electron chi connectivity index (χ3n) is 4.41.